The maximum absolute atomic E-state index is 4.56. The quantitative estimate of drug-likeness (QED) is 0.805. The SMILES string of the molecule is Cc1sc(NC(C)C)nc1C(C)C. The van der Waals surface area contributed by atoms with Crippen molar-refractivity contribution in [2.24, 2.45) is 0 Å². The zero-order valence-electron chi connectivity index (χ0n) is 9.01. The second-order valence-corrected chi connectivity index (χ2v) is 5.12. The Labute approximate surface area is 84.4 Å². The Bertz CT molecular complexity index is 276. The van der Waals surface area contributed by atoms with E-state index in [0.717, 1.165) is 5.13 Å². The van der Waals surface area contributed by atoms with Gasteiger partial charge in [0, 0.05) is 10.9 Å². The molecule has 3 heteroatoms. The van der Waals surface area contributed by atoms with Crippen molar-refractivity contribution in [1.29, 1.82) is 0 Å². The normalized spacial score (nSPS) is 11.3. The Morgan fingerprint density at radius 2 is 1.85 bits per heavy atom. The van der Waals surface area contributed by atoms with E-state index in [1.165, 1.54) is 10.6 Å². The predicted octanol–water partition coefficient (Wildman–Crippen LogP) is 3.40. The summed E-state index contributed by atoms with van der Waals surface area (Å²) in [4.78, 5) is 5.89. The lowest BCUT2D eigenvalue weighted by Crippen LogP contribution is -2.09. The third-order valence-electron chi connectivity index (χ3n) is 1.79. The molecule has 0 bridgehead atoms. The Morgan fingerprint density at radius 3 is 2.23 bits per heavy atom. The van der Waals surface area contributed by atoms with Gasteiger partial charge < -0.3 is 5.32 Å². The maximum atomic E-state index is 4.56. The number of hydrogen-bond donors (Lipinski definition) is 1. The summed E-state index contributed by atoms with van der Waals surface area (Å²) in [5, 5.41) is 4.38. The molecule has 0 saturated heterocycles. The fourth-order valence-corrected chi connectivity index (χ4v) is 2.37. The van der Waals surface area contributed by atoms with Crippen LogP contribution in [0, 0.1) is 6.92 Å². The van der Waals surface area contributed by atoms with Crippen LogP contribution in [0.15, 0.2) is 0 Å². The van der Waals surface area contributed by atoms with Gasteiger partial charge >= 0.3 is 0 Å². The molecule has 0 spiro atoms. The molecule has 1 N–H and O–H groups in total. The molecule has 0 amide bonds. The molecule has 1 aromatic rings. The number of aryl methyl sites for hydroxylation is 1. The van der Waals surface area contributed by atoms with Crippen LogP contribution in [-0.2, 0) is 0 Å². The molecule has 1 aromatic heterocycles. The van der Waals surface area contributed by atoms with Crippen molar-refractivity contribution in [3.8, 4) is 0 Å². The van der Waals surface area contributed by atoms with Crippen LogP contribution >= 0.6 is 11.3 Å². The number of aromatic nitrogens is 1. The zero-order valence-corrected chi connectivity index (χ0v) is 9.83. The van der Waals surface area contributed by atoms with Crippen LogP contribution in [0.5, 0.6) is 0 Å². The van der Waals surface area contributed by atoms with Crippen LogP contribution in [0.1, 0.15) is 44.2 Å². The van der Waals surface area contributed by atoms with Crippen LogP contribution in [0.4, 0.5) is 5.13 Å². The van der Waals surface area contributed by atoms with Gasteiger partial charge in [-0.05, 0) is 26.7 Å². The van der Waals surface area contributed by atoms with Crippen molar-refractivity contribution in [2.75, 3.05) is 5.32 Å². The summed E-state index contributed by atoms with van der Waals surface area (Å²) in [7, 11) is 0. The van der Waals surface area contributed by atoms with Crippen molar-refractivity contribution in [2.45, 2.75) is 46.6 Å². The molecule has 2 nitrogen and oxygen atoms in total. The molecule has 74 valence electrons. The first-order chi connectivity index (χ1) is 6.00. The molecule has 1 heterocycles. The molecule has 1 rings (SSSR count). The van der Waals surface area contributed by atoms with Crippen molar-refractivity contribution < 1.29 is 0 Å². The smallest absolute Gasteiger partial charge is 0.183 e. The standard InChI is InChI=1S/C10H18N2S/c1-6(2)9-8(5)13-10(12-9)11-7(3)4/h6-7H,1-5H3,(H,11,12). The highest BCUT2D eigenvalue weighted by Crippen LogP contribution is 2.27. The van der Waals surface area contributed by atoms with E-state index in [0.29, 0.717) is 12.0 Å². The van der Waals surface area contributed by atoms with Crippen molar-refractivity contribution in [3.05, 3.63) is 10.6 Å². The summed E-state index contributed by atoms with van der Waals surface area (Å²) in [6.07, 6.45) is 0. The van der Waals surface area contributed by atoms with Crippen LogP contribution < -0.4 is 5.32 Å². The van der Waals surface area contributed by atoms with Gasteiger partial charge in [-0.25, -0.2) is 4.98 Å². The largest absolute Gasteiger partial charge is 0.359 e. The lowest BCUT2D eigenvalue weighted by Gasteiger charge is -2.04. The minimum atomic E-state index is 0.463. The molecule has 13 heavy (non-hydrogen) atoms. The first kappa shape index (κ1) is 10.5. The molecule has 0 aliphatic heterocycles. The van der Waals surface area contributed by atoms with Gasteiger partial charge in [-0.1, -0.05) is 13.8 Å². The van der Waals surface area contributed by atoms with Crippen molar-refractivity contribution in [3.63, 3.8) is 0 Å². The van der Waals surface area contributed by atoms with Crippen molar-refractivity contribution in [1.82, 2.24) is 4.98 Å². The molecule has 0 radical (unpaired) electrons. The van der Waals surface area contributed by atoms with Crippen molar-refractivity contribution >= 4 is 16.5 Å². The number of rotatable bonds is 3. The molecule has 0 fully saturated rings. The Kier molecular flexibility index (Phi) is 3.31. The molecular formula is C10H18N2S. The number of anilines is 1. The molecule has 0 aromatic carbocycles. The van der Waals surface area contributed by atoms with Gasteiger partial charge in [0.1, 0.15) is 0 Å². The first-order valence-corrected chi connectivity index (χ1v) is 5.56. The summed E-state index contributed by atoms with van der Waals surface area (Å²) in [5.41, 5.74) is 1.23. The third kappa shape index (κ3) is 2.69. The lowest BCUT2D eigenvalue weighted by molar-refractivity contribution is 0.819. The fourth-order valence-electron chi connectivity index (χ4n) is 1.25. The predicted molar refractivity (Wildman–Crippen MR) is 59.7 cm³/mol. The highest BCUT2D eigenvalue weighted by molar-refractivity contribution is 7.15. The third-order valence-corrected chi connectivity index (χ3v) is 2.71. The molecular weight excluding hydrogens is 180 g/mol. The van der Waals surface area contributed by atoms with E-state index in [1.54, 1.807) is 11.3 Å². The molecule has 0 atom stereocenters. The van der Waals surface area contributed by atoms with E-state index in [2.05, 4.69) is 44.9 Å². The minimum Gasteiger partial charge on any atom is -0.359 e. The lowest BCUT2D eigenvalue weighted by atomic mass is 10.1. The number of hydrogen-bond acceptors (Lipinski definition) is 3. The maximum Gasteiger partial charge on any atom is 0.183 e. The van der Waals surface area contributed by atoms with Crippen LogP contribution in [0.3, 0.4) is 0 Å². The summed E-state index contributed by atoms with van der Waals surface area (Å²) < 4.78 is 0. The zero-order chi connectivity index (χ0) is 10.0. The topological polar surface area (TPSA) is 24.9 Å². The summed E-state index contributed by atoms with van der Waals surface area (Å²) >= 11 is 1.75. The van der Waals surface area contributed by atoms with Gasteiger partial charge in [-0.3, -0.25) is 0 Å². The summed E-state index contributed by atoms with van der Waals surface area (Å²) in [5.74, 6) is 0.527. The van der Waals surface area contributed by atoms with Gasteiger partial charge in [0.25, 0.3) is 0 Å². The Hall–Kier alpha value is -0.570. The van der Waals surface area contributed by atoms with E-state index >= 15 is 0 Å². The van der Waals surface area contributed by atoms with E-state index in [-0.39, 0.29) is 0 Å². The minimum absolute atomic E-state index is 0.463. The average Bonchev–Trinajstić information content (AvgIpc) is 2.29. The first-order valence-electron chi connectivity index (χ1n) is 4.74. The Balaban J connectivity index is 2.82. The molecule has 0 unspecified atom stereocenters. The monoisotopic (exact) mass is 198 g/mol. The van der Waals surface area contributed by atoms with Gasteiger partial charge in [-0.2, -0.15) is 0 Å². The second-order valence-electron chi connectivity index (χ2n) is 3.91. The highest BCUT2D eigenvalue weighted by Gasteiger charge is 2.10. The number of nitrogens with one attached hydrogen (secondary N) is 1. The van der Waals surface area contributed by atoms with Crippen LogP contribution in [0.25, 0.3) is 0 Å². The number of nitrogens with zero attached hydrogens (tertiary/aromatic N) is 1. The fraction of sp³-hybridized carbons (Fsp3) is 0.700. The van der Waals surface area contributed by atoms with E-state index < -0.39 is 0 Å². The molecule has 0 saturated carbocycles. The average molecular weight is 198 g/mol. The molecule has 0 aliphatic carbocycles. The molecule has 0 aliphatic rings. The van der Waals surface area contributed by atoms with Gasteiger partial charge in [0.05, 0.1) is 5.69 Å². The van der Waals surface area contributed by atoms with E-state index in [1.807, 2.05) is 0 Å². The van der Waals surface area contributed by atoms with Crippen LogP contribution in [-0.4, -0.2) is 11.0 Å². The summed E-state index contributed by atoms with van der Waals surface area (Å²) in [6.45, 7) is 10.8. The summed E-state index contributed by atoms with van der Waals surface area (Å²) in [6, 6.07) is 0.463. The van der Waals surface area contributed by atoms with Gasteiger partial charge in [-0.15, -0.1) is 11.3 Å². The van der Waals surface area contributed by atoms with E-state index in [4.69, 9.17) is 0 Å². The highest BCUT2D eigenvalue weighted by atomic mass is 32.1. The number of thiazole rings is 1. The second kappa shape index (κ2) is 4.09. The Morgan fingerprint density at radius 1 is 1.23 bits per heavy atom. The van der Waals surface area contributed by atoms with Gasteiger partial charge in [0.2, 0.25) is 0 Å². The van der Waals surface area contributed by atoms with Gasteiger partial charge in [0.15, 0.2) is 5.13 Å². The van der Waals surface area contributed by atoms with E-state index in [9.17, 15) is 0 Å². The van der Waals surface area contributed by atoms with Crippen LogP contribution in [0.2, 0.25) is 0 Å².